The van der Waals surface area contributed by atoms with E-state index in [4.69, 9.17) is 0 Å². The number of nitrogens with one attached hydrogen (secondary N) is 2. The Morgan fingerprint density at radius 3 is 3.00 bits per heavy atom. The number of hydrogen-bond donors (Lipinski definition) is 2. The molecule has 3 nitrogen and oxygen atoms in total. The second kappa shape index (κ2) is 5.25. The van der Waals surface area contributed by atoms with E-state index in [1.165, 1.54) is 17.7 Å². The van der Waals surface area contributed by atoms with Crippen LogP contribution in [-0.2, 0) is 6.42 Å². The van der Waals surface area contributed by atoms with E-state index in [1.54, 1.807) is 6.07 Å². The molecule has 0 bridgehead atoms. The van der Waals surface area contributed by atoms with Crippen molar-refractivity contribution < 1.29 is 9.18 Å². The summed E-state index contributed by atoms with van der Waals surface area (Å²) in [4.78, 5) is 12.2. The molecule has 0 spiro atoms. The van der Waals surface area contributed by atoms with Crippen LogP contribution < -0.4 is 10.6 Å². The van der Waals surface area contributed by atoms with Crippen LogP contribution in [0, 0.1) is 5.82 Å². The number of hydrogen-bond acceptors (Lipinski definition) is 2. The largest absolute Gasteiger partial charge is 0.384 e. The minimum atomic E-state index is -0.448. The quantitative estimate of drug-likeness (QED) is 0.876. The van der Waals surface area contributed by atoms with Gasteiger partial charge in [-0.1, -0.05) is 6.07 Å². The molecule has 0 radical (unpaired) electrons. The summed E-state index contributed by atoms with van der Waals surface area (Å²) in [6, 6.07) is 10.1. The minimum Gasteiger partial charge on any atom is -0.384 e. The van der Waals surface area contributed by atoms with Crippen molar-refractivity contribution in [3.05, 3.63) is 57.8 Å². The van der Waals surface area contributed by atoms with Gasteiger partial charge in [-0.3, -0.25) is 4.79 Å². The SMILES string of the molecule is O=C(Nc1ccc2c(c1)CCN2)c1cccc(F)c1Br. The number of carbonyl (C=O) groups excluding carboxylic acids is 1. The summed E-state index contributed by atoms with van der Waals surface area (Å²) in [5.41, 5.74) is 3.29. The first-order chi connectivity index (χ1) is 9.65. The predicted octanol–water partition coefficient (Wildman–Crippen LogP) is 3.81. The molecule has 0 atom stereocenters. The van der Waals surface area contributed by atoms with Gasteiger partial charge in [-0.25, -0.2) is 4.39 Å². The smallest absolute Gasteiger partial charge is 0.256 e. The van der Waals surface area contributed by atoms with Crippen LogP contribution in [0.15, 0.2) is 40.9 Å². The van der Waals surface area contributed by atoms with Crippen LogP contribution in [0.1, 0.15) is 15.9 Å². The molecule has 2 N–H and O–H groups in total. The van der Waals surface area contributed by atoms with Gasteiger partial charge in [0.15, 0.2) is 0 Å². The van der Waals surface area contributed by atoms with Gasteiger partial charge < -0.3 is 10.6 Å². The molecule has 1 heterocycles. The van der Waals surface area contributed by atoms with E-state index in [2.05, 4.69) is 26.6 Å². The van der Waals surface area contributed by atoms with Crippen molar-refractivity contribution in [2.24, 2.45) is 0 Å². The lowest BCUT2D eigenvalue weighted by molar-refractivity contribution is 0.102. The monoisotopic (exact) mass is 334 g/mol. The molecule has 2 aromatic carbocycles. The summed E-state index contributed by atoms with van der Waals surface area (Å²) >= 11 is 3.10. The maximum Gasteiger partial charge on any atom is 0.256 e. The standard InChI is InChI=1S/C15H12BrFN2O/c16-14-11(2-1-3-12(14)17)15(20)19-10-4-5-13-9(8-10)6-7-18-13/h1-5,8,18H,6-7H2,(H,19,20). The zero-order valence-electron chi connectivity index (χ0n) is 10.5. The number of benzene rings is 2. The Labute approximate surface area is 124 Å². The maximum absolute atomic E-state index is 13.4. The fraction of sp³-hybridized carbons (Fsp3) is 0.133. The first-order valence-electron chi connectivity index (χ1n) is 6.27. The molecule has 5 heteroatoms. The molecular formula is C15H12BrFN2O. The normalized spacial score (nSPS) is 12.7. The van der Waals surface area contributed by atoms with Crippen molar-refractivity contribution in [1.29, 1.82) is 0 Å². The summed E-state index contributed by atoms with van der Waals surface area (Å²) in [6.07, 6.45) is 0.947. The third-order valence-corrected chi connectivity index (χ3v) is 4.08. The average molecular weight is 335 g/mol. The zero-order chi connectivity index (χ0) is 14.1. The summed E-state index contributed by atoms with van der Waals surface area (Å²) in [7, 11) is 0. The van der Waals surface area contributed by atoms with Crippen LogP contribution >= 0.6 is 15.9 Å². The lowest BCUT2D eigenvalue weighted by atomic mass is 10.1. The van der Waals surface area contributed by atoms with Crippen molar-refractivity contribution in [2.45, 2.75) is 6.42 Å². The molecule has 102 valence electrons. The third-order valence-electron chi connectivity index (χ3n) is 3.27. The van der Waals surface area contributed by atoms with E-state index in [9.17, 15) is 9.18 Å². The van der Waals surface area contributed by atoms with Gasteiger partial charge in [-0.2, -0.15) is 0 Å². The molecule has 0 saturated carbocycles. The molecular weight excluding hydrogens is 323 g/mol. The highest BCUT2D eigenvalue weighted by molar-refractivity contribution is 9.10. The Morgan fingerprint density at radius 1 is 1.30 bits per heavy atom. The fourth-order valence-corrected chi connectivity index (χ4v) is 2.70. The van der Waals surface area contributed by atoms with Crippen molar-refractivity contribution >= 4 is 33.2 Å². The Morgan fingerprint density at radius 2 is 2.15 bits per heavy atom. The summed E-state index contributed by atoms with van der Waals surface area (Å²) < 4.78 is 13.6. The van der Waals surface area contributed by atoms with Crippen molar-refractivity contribution in [1.82, 2.24) is 0 Å². The highest BCUT2D eigenvalue weighted by Gasteiger charge is 2.15. The van der Waals surface area contributed by atoms with Crippen LogP contribution in [0.4, 0.5) is 15.8 Å². The van der Waals surface area contributed by atoms with Gasteiger partial charge >= 0.3 is 0 Å². The van der Waals surface area contributed by atoms with Crippen molar-refractivity contribution in [3.63, 3.8) is 0 Å². The molecule has 1 amide bonds. The molecule has 2 aromatic rings. The van der Waals surface area contributed by atoms with E-state index >= 15 is 0 Å². The number of amides is 1. The molecule has 0 aliphatic carbocycles. The van der Waals surface area contributed by atoms with Gasteiger partial charge in [-0.05, 0) is 58.2 Å². The first kappa shape index (κ1) is 13.1. The summed E-state index contributed by atoms with van der Waals surface area (Å²) in [5, 5.41) is 6.05. The summed E-state index contributed by atoms with van der Waals surface area (Å²) in [5.74, 6) is -0.780. The fourth-order valence-electron chi connectivity index (χ4n) is 2.26. The summed E-state index contributed by atoms with van der Waals surface area (Å²) in [6.45, 7) is 0.919. The van der Waals surface area contributed by atoms with E-state index in [0.717, 1.165) is 18.7 Å². The van der Waals surface area contributed by atoms with E-state index in [-0.39, 0.29) is 15.9 Å². The molecule has 1 aliphatic rings. The van der Waals surface area contributed by atoms with Crippen molar-refractivity contribution in [2.75, 3.05) is 17.2 Å². The Bertz CT molecular complexity index is 688. The minimum absolute atomic E-state index is 0.181. The van der Waals surface area contributed by atoms with Gasteiger partial charge in [0.1, 0.15) is 5.82 Å². The Kier molecular flexibility index (Phi) is 3.44. The molecule has 0 unspecified atom stereocenters. The zero-order valence-corrected chi connectivity index (χ0v) is 12.1. The number of anilines is 2. The van der Waals surface area contributed by atoms with Crippen LogP contribution in [0.3, 0.4) is 0 Å². The first-order valence-corrected chi connectivity index (χ1v) is 7.06. The maximum atomic E-state index is 13.4. The van der Waals surface area contributed by atoms with Crippen LogP contribution in [-0.4, -0.2) is 12.5 Å². The van der Waals surface area contributed by atoms with Gasteiger partial charge in [0.2, 0.25) is 0 Å². The second-order valence-corrected chi connectivity index (χ2v) is 5.40. The molecule has 0 aromatic heterocycles. The van der Waals surface area contributed by atoms with Crippen molar-refractivity contribution in [3.8, 4) is 0 Å². The predicted molar refractivity (Wildman–Crippen MR) is 80.7 cm³/mol. The van der Waals surface area contributed by atoms with Gasteiger partial charge in [0, 0.05) is 17.9 Å². The van der Waals surface area contributed by atoms with E-state index < -0.39 is 5.82 Å². The van der Waals surface area contributed by atoms with Gasteiger partial charge in [-0.15, -0.1) is 0 Å². The second-order valence-electron chi connectivity index (χ2n) is 4.60. The number of carbonyl (C=O) groups is 1. The Hall–Kier alpha value is -1.88. The lowest BCUT2D eigenvalue weighted by Gasteiger charge is -2.09. The molecule has 3 rings (SSSR count). The number of halogens is 2. The average Bonchev–Trinajstić information content (AvgIpc) is 2.89. The molecule has 0 fully saturated rings. The van der Waals surface area contributed by atoms with E-state index in [0.29, 0.717) is 5.69 Å². The topological polar surface area (TPSA) is 41.1 Å². The molecule has 20 heavy (non-hydrogen) atoms. The number of rotatable bonds is 2. The number of fused-ring (bicyclic) bond motifs is 1. The Balaban J connectivity index is 1.84. The highest BCUT2D eigenvalue weighted by Crippen LogP contribution is 2.26. The van der Waals surface area contributed by atoms with Gasteiger partial charge in [0.25, 0.3) is 5.91 Å². The highest BCUT2D eigenvalue weighted by atomic mass is 79.9. The van der Waals surface area contributed by atoms with Gasteiger partial charge in [0.05, 0.1) is 10.0 Å². The third kappa shape index (κ3) is 2.41. The van der Waals surface area contributed by atoms with Crippen LogP contribution in [0.25, 0.3) is 0 Å². The lowest BCUT2D eigenvalue weighted by Crippen LogP contribution is -2.13. The molecule has 0 saturated heterocycles. The van der Waals surface area contributed by atoms with E-state index in [1.807, 2.05) is 18.2 Å². The van der Waals surface area contributed by atoms with Crippen LogP contribution in [0.5, 0.6) is 0 Å². The molecule has 1 aliphatic heterocycles. The van der Waals surface area contributed by atoms with Crippen LogP contribution in [0.2, 0.25) is 0 Å².